The highest BCUT2D eigenvalue weighted by molar-refractivity contribution is 6.18. The summed E-state index contributed by atoms with van der Waals surface area (Å²) in [6.45, 7) is 6.26. The Morgan fingerprint density at radius 3 is 3.00 bits per heavy atom. The number of hydrogen-bond donors (Lipinski definition) is 0. The SMILES string of the molecule is CC(C)n1ncnc1CN1CCCCC1CCl. The van der Waals surface area contributed by atoms with E-state index in [1.54, 1.807) is 6.33 Å². The van der Waals surface area contributed by atoms with Crippen LogP contribution >= 0.6 is 11.6 Å². The number of aromatic nitrogens is 3. The standard InChI is InChI=1S/C12H21ClN4/c1-10(2)17-12(14-9-15-17)8-16-6-4-3-5-11(16)7-13/h9-11H,3-8H2,1-2H3. The summed E-state index contributed by atoms with van der Waals surface area (Å²) in [7, 11) is 0. The largest absolute Gasteiger partial charge is 0.292 e. The predicted molar refractivity (Wildman–Crippen MR) is 69.2 cm³/mol. The molecule has 2 rings (SSSR count). The molecule has 2 heterocycles. The molecule has 0 saturated carbocycles. The number of likely N-dealkylation sites (tertiary alicyclic amines) is 1. The lowest BCUT2D eigenvalue weighted by molar-refractivity contribution is 0.148. The highest BCUT2D eigenvalue weighted by Crippen LogP contribution is 2.20. The lowest BCUT2D eigenvalue weighted by Crippen LogP contribution is -2.40. The van der Waals surface area contributed by atoms with Gasteiger partial charge in [0.1, 0.15) is 12.2 Å². The van der Waals surface area contributed by atoms with Crippen LogP contribution in [0.2, 0.25) is 0 Å². The molecule has 0 bridgehead atoms. The van der Waals surface area contributed by atoms with Crippen molar-refractivity contribution < 1.29 is 0 Å². The number of nitrogens with zero attached hydrogens (tertiary/aromatic N) is 4. The van der Waals surface area contributed by atoms with Crippen LogP contribution in [0.4, 0.5) is 0 Å². The minimum Gasteiger partial charge on any atom is -0.292 e. The van der Waals surface area contributed by atoms with Crippen molar-refractivity contribution in [1.29, 1.82) is 0 Å². The van der Waals surface area contributed by atoms with Gasteiger partial charge >= 0.3 is 0 Å². The first-order valence-electron chi connectivity index (χ1n) is 6.40. The number of hydrogen-bond acceptors (Lipinski definition) is 3. The zero-order valence-corrected chi connectivity index (χ0v) is 11.4. The molecule has 1 unspecified atom stereocenters. The fourth-order valence-electron chi connectivity index (χ4n) is 2.44. The van der Waals surface area contributed by atoms with Crippen molar-refractivity contribution in [1.82, 2.24) is 19.7 Å². The Labute approximate surface area is 108 Å². The Morgan fingerprint density at radius 1 is 1.47 bits per heavy atom. The molecule has 0 spiro atoms. The first kappa shape index (κ1) is 12.8. The second kappa shape index (κ2) is 5.83. The van der Waals surface area contributed by atoms with Crippen molar-refractivity contribution in [2.45, 2.75) is 51.7 Å². The number of rotatable bonds is 4. The first-order valence-corrected chi connectivity index (χ1v) is 6.94. The Hall–Kier alpha value is -0.610. The van der Waals surface area contributed by atoms with E-state index in [0.29, 0.717) is 12.1 Å². The molecule has 1 saturated heterocycles. The van der Waals surface area contributed by atoms with Crippen LogP contribution in [-0.4, -0.2) is 38.1 Å². The van der Waals surface area contributed by atoms with Crippen LogP contribution < -0.4 is 0 Å². The smallest absolute Gasteiger partial charge is 0.141 e. The Balaban J connectivity index is 2.05. The van der Waals surface area contributed by atoms with E-state index in [1.165, 1.54) is 19.3 Å². The summed E-state index contributed by atoms with van der Waals surface area (Å²) in [5.41, 5.74) is 0. The van der Waals surface area contributed by atoms with E-state index < -0.39 is 0 Å². The highest BCUT2D eigenvalue weighted by atomic mass is 35.5. The van der Waals surface area contributed by atoms with Crippen LogP contribution in [0.25, 0.3) is 0 Å². The summed E-state index contributed by atoms with van der Waals surface area (Å²) in [5.74, 6) is 1.77. The molecule has 96 valence electrons. The van der Waals surface area contributed by atoms with Gasteiger partial charge in [-0.25, -0.2) is 9.67 Å². The lowest BCUT2D eigenvalue weighted by Gasteiger charge is -2.34. The molecular formula is C12H21ClN4. The molecule has 1 atom stereocenters. The Morgan fingerprint density at radius 2 is 2.29 bits per heavy atom. The summed E-state index contributed by atoms with van der Waals surface area (Å²) < 4.78 is 2.00. The third-order valence-corrected chi connectivity index (χ3v) is 3.76. The molecule has 1 aliphatic heterocycles. The zero-order chi connectivity index (χ0) is 12.3. The van der Waals surface area contributed by atoms with Crippen molar-refractivity contribution >= 4 is 11.6 Å². The normalized spacial score (nSPS) is 22.2. The summed E-state index contributed by atoms with van der Waals surface area (Å²) in [4.78, 5) is 6.81. The van der Waals surface area contributed by atoms with Crippen molar-refractivity contribution in [2.75, 3.05) is 12.4 Å². The summed E-state index contributed by atoms with van der Waals surface area (Å²) in [6.07, 6.45) is 5.42. The molecule has 1 fully saturated rings. The second-order valence-electron chi connectivity index (χ2n) is 4.99. The van der Waals surface area contributed by atoms with Crippen LogP contribution in [0.1, 0.15) is 45.0 Å². The van der Waals surface area contributed by atoms with Gasteiger partial charge in [-0.1, -0.05) is 6.42 Å². The predicted octanol–water partition coefficient (Wildman–Crippen LogP) is 2.45. The number of piperidine rings is 1. The summed E-state index contributed by atoms with van der Waals surface area (Å²) in [5, 5.41) is 4.28. The third-order valence-electron chi connectivity index (χ3n) is 3.41. The van der Waals surface area contributed by atoms with Gasteiger partial charge in [0.15, 0.2) is 0 Å². The molecule has 4 nitrogen and oxygen atoms in total. The Bertz CT molecular complexity index is 350. The van der Waals surface area contributed by atoms with Crippen molar-refractivity contribution in [3.8, 4) is 0 Å². The van der Waals surface area contributed by atoms with Gasteiger partial charge in [0.25, 0.3) is 0 Å². The molecule has 0 aromatic carbocycles. The van der Waals surface area contributed by atoms with Gasteiger partial charge < -0.3 is 0 Å². The molecule has 17 heavy (non-hydrogen) atoms. The van der Waals surface area contributed by atoms with E-state index in [0.717, 1.165) is 24.8 Å². The average Bonchev–Trinajstić information content (AvgIpc) is 2.78. The van der Waals surface area contributed by atoms with E-state index in [4.69, 9.17) is 11.6 Å². The molecule has 0 N–H and O–H groups in total. The second-order valence-corrected chi connectivity index (χ2v) is 5.30. The molecule has 0 amide bonds. The fraction of sp³-hybridized carbons (Fsp3) is 0.833. The zero-order valence-electron chi connectivity index (χ0n) is 10.6. The monoisotopic (exact) mass is 256 g/mol. The minimum absolute atomic E-state index is 0.367. The minimum atomic E-state index is 0.367. The van der Waals surface area contributed by atoms with Crippen LogP contribution in [0, 0.1) is 0 Å². The lowest BCUT2D eigenvalue weighted by atomic mass is 10.0. The van der Waals surface area contributed by atoms with Gasteiger partial charge in [-0.2, -0.15) is 5.10 Å². The quantitative estimate of drug-likeness (QED) is 0.776. The van der Waals surface area contributed by atoms with E-state index >= 15 is 0 Å². The topological polar surface area (TPSA) is 34.0 Å². The highest BCUT2D eigenvalue weighted by Gasteiger charge is 2.23. The van der Waals surface area contributed by atoms with Gasteiger partial charge in [-0.05, 0) is 33.2 Å². The van der Waals surface area contributed by atoms with E-state index in [1.807, 2.05) is 4.68 Å². The van der Waals surface area contributed by atoms with Crippen molar-refractivity contribution in [3.63, 3.8) is 0 Å². The van der Waals surface area contributed by atoms with E-state index in [-0.39, 0.29) is 0 Å². The number of alkyl halides is 1. The van der Waals surface area contributed by atoms with E-state index in [9.17, 15) is 0 Å². The first-order chi connectivity index (χ1) is 8.22. The number of halogens is 1. The molecule has 0 aliphatic carbocycles. The van der Waals surface area contributed by atoms with Gasteiger partial charge in [-0.3, -0.25) is 4.90 Å². The summed E-state index contributed by atoms with van der Waals surface area (Å²) in [6, 6.07) is 0.870. The van der Waals surface area contributed by atoms with Crippen LogP contribution in [0.5, 0.6) is 0 Å². The van der Waals surface area contributed by atoms with Gasteiger partial charge in [-0.15, -0.1) is 11.6 Å². The van der Waals surface area contributed by atoms with Gasteiger partial charge in [0.05, 0.1) is 6.54 Å². The van der Waals surface area contributed by atoms with Crippen LogP contribution in [0.15, 0.2) is 6.33 Å². The van der Waals surface area contributed by atoms with Crippen molar-refractivity contribution in [3.05, 3.63) is 12.2 Å². The van der Waals surface area contributed by atoms with Gasteiger partial charge in [0.2, 0.25) is 0 Å². The molecule has 0 radical (unpaired) electrons. The van der Waals surface area contributed by atoms with E-state index in [2.05, 4.69) is 28.8 Å². The summed E-state index contributed by atoms with van der Waals surface area (Å²) >= 11 is 6.03. The Kier molecular flexibility index (Phi) is 4.40. The average molecular weight is 257 g/mol. The van der Waals surface area contributed by atoms with Crippen molar-refractivity contribution in [2.24, 2.45) is 0 Å². The maximum absolute atomic E-state index is 6.03. The molecule has 1 aliphatic rings. The fourth-order valence-corrected chi connectivity index (χ4v) is 2.79. The third kappa shape index (κ3) is 2.99. The molecule has 1 aromatic heterocycles. The van der Waals surface area contributed by atoms with Crippen LogP contribution in [0.3, 0.4) is 0 Å². The van der Waals surface area contributed by atoms with Crippen LogP contribution in [-0.2, 0) is 6.54 Å². The molecule has 5 heteroatoms. The maximum Gasteiger partial charge on any atom is 0.141 e. The molecular weight excluding hydrogens is 236 g/mol. The maximum atomic E-state index is 6.03. The molecule has 1 aromatic rings. The van der Waals surface area contributed by atoms with Gasteiger partial charge in [0, 0.05) is 18.0 Å².